The Labute approximate surface area is 157 Å². The number of aliphatic hydroxyl groups is 1. The lowest BCUT2D eigenvalue weighted by molar-refractivity contribution is -0.127. The summed E-state index contributed by atoms with van der Waals surface area (Å²) in [4.78, 5) is 23.5. The fourth-order valence-corrected chi connectivity index (χ4v) is 2.58. The molecular weight excluding hydrogens is 362 g/mol. The molecule has 1 aromatic rings. The molecule has 1 unspecified atom stereocenters. The summed E-state index contributed by atoms with van der Waals surface area (Å²) >= 11 is 6.13. The van der Waals surface area contributed by atoms with Crippen LogP contribution in [-0.2, 0) is 9.59 Å². The SMILES string of the molecule is CC(C)[C@H](N)C(=O)NCC(=O)NCC(O)c1cc(Cl)c2c(c1)OCCO2. The van der Waals surface area contributed by atoms with E-state index in [1.807, 2.05) is 13.8 Å². The first kappa shape index (κ1) is 20.3. The lowest BCUT2D eigenvalue weighted by atomic mass is 10.1. The third-order valence-corrected chi connectivity index (χ3v) is 4.22. The highest BCUT2D eigenvalue weighted by molar-refractivity contribution is 6.32. The average molecular weight is 386 g/mol. The van der Waals surface area contributed by atoms with Gasteiger partial charge in [0.05, 0.1) is 23.7 Å². The van der Waals surface area contributed by atoms with Gasteiger partial charge in [-0.3, -0.25) is 9.59 Å². The number of halogens is 1. The molecular formula is C17H24ClN3O5. The van der Waals surface area contributed by atoms with Gasteiger partial charge in [-0.05, 0) is 23.6 Å². The molecule has 26 heavy (non-hydrogen) atoms. The molecule has 2 rings (SSSR count). The minimum absolute atomic E-state index is 0.0279. The predicted octanol–water partition coefficient (Wildman–Crippen LogP) is 0.360. The Kier molecular flexibility index (Phi) is 7.07. The predicted molar refractivity (Wildman–Crippen MR) is 96.2 cm³/mol. The number of ether oxygens (including phenoxy) is 2. The molecule has 0 saturated heterocycles. The first-order valence-corrected chi connectivity index (χ1v) is 8.74. The van der Waals surface area contributed by atoms with Crippen molar-refractivity contribution < 1.29 is 24.2 Å². The topological polar surface area (TPSA) is 123 Å². The fraction of sp³-hybridized carbons (Fsp3) is 0.529. The monoisotopic (exact) mass is 385 g/mol. The van der Waals surface area contributed by atoms with E-state index in [4.69, 9.17) is 26.8 Å². The van der Waals surface area contributed by atoms with Crippen molar-refractivity contribution in [1.82, 2.24) is 10.6 Å². The van der Waals surface area contributed by atoms with Gasteiger partial charge in [0, 0.05) is 6.54 Å². The Morgan fingerprint density at radius 3 is 2.65 bits per heavy atom. The summed E-state index contributed by atoms with van der Waals surface area (Å²) in [6, 6.07) is 2.52. The molecule has 1 aliphatic heterocycles. The van der Waals surface area contributed by atoms with E-state index in [1.165, 1.54) is 0 Å². The van der Waals surface area contributed by atoms with Crippen molar-refractivity contribution in [3.63, 3.8) is 0 Å². The van der Waals surface area contributed by atoms with Gasteiger partial charge in [0.2, 0.25) is 11.8 Å². The second-order valence-corrected chi connectivity index (χ2v) is 6.74. The third-order valence-electron chi connectivity index (χ3n) is 3.94. The van der Waals surface area contributed by atoms with Crippen LogP contribution in [0.25, 0.3) is 0 Å². The molecule has 0 radical (unpaired) electrons. The van der Waals surface area contributed by atoms with Gasteiger partial charge in [-0.2, -0.15) is 0 Å². The number of fused-ring (bicyclic) bond motifs is 1. The molecule has 0 bridgehead atoms. The first-order valence-electron chi connectivity index (χ1n) is 8.36. The Balaban J connectivity index is 1.85. The maximum Gasteiger partial charge on any atom is 0.239 e. The minimum Gasteiger partial charge on any atom is -0.486 e. The molecule has 9 heteroatoms. The highest BCUT2D eigenvalue weighted by Gasteiger charge is 2.21. The summed E-state index contributed by atoms with van der Waals surface area (Å²) in [5.41, 5.74) is 6.19. The molecule has 0 saturated carbocycles. The van der Waals surface area contributed by atoms with Gasteiger partial charge in [-0.15, -0.1) is 0 Å². The van der Waals surface area contributed by atoms with Gasteiger partial charge in [-0.1, -0.05) is 25.4 Å². The van der Waals surface area contributed by atoms with E-state index in [1.54, 1.807) is 12.1 Å². The summed E-state index contributed by atoms with van der Waals surface area (Å²) in [6.45, 7) is 4.20. The summed E-state index contributed by atoms with van der Waals surface area (Å²) in [6.07, 6.45) is -0.985. The third kappa shape index (κ3) is 5.23. The largest absolute Gasteiger partial charge is 0.486 e. The maximum atomic E-state index is 11.8. The minimum atomic E-state index is -0.985. The van der Waals surface area contributed by atoms with Crippen LogP contribution in [0.2, 0.25) is 5.02 Å². The van der Waals surface area contributed by atoms with Gasteiger partial charge < -0.3 is 30.9 Å². The number of rotatable bonds is 7. The van der Waals surface area contributed by atoms with E-state index in [-0.39, 0.29) is 19.0 Å². The second-order valence-electron chi connectivity index (χ2n) is 6.33. The lowest BCUT2D eigenvalue weighted by Crippen LogP contribution is -2.47. The van der Waals surface area contributed by atoms with Crippen molar-refractivity contribution in [1.29, 1.82) is 0 Å². The second kappa shape index (κ2) is 9.07. The van der Waals surface area contributed by atoms with Crippen LogP contribution in [0, 0.1) is 5.92 Å². The Bertz CT molecular complexity index is 668. The number of carbonyl (C=O) groups excluding carboxylic acids is 2. The Morgan fingerprint density at radius 2 is 1.96 bits per heavy atom. The zero-order valence-corrected chi connectivity index (χ0v) is 15.5. The Morgan fingerprint density at radius 1 is 1.27 bits per heavy atom. The Hall–Kier alpha value is -2.03. The van der Waals surface area contributed by atoms with Crippen molar-refractivity contribution in [2.45, 2.75) is 26.0 Å². The molecule has 0 fully saturated rings. The molecule has 1 aromatic carbocycles. The van der Waals surface area contributed by atoms with Crippen molar-refractivity contribution >= 4 is 23.4 Å². The summed E-state index contributed by atoms with van der Waals surface area (Å²) in [5, 5.41) is 15.6. The molecule has 0 aliphatic carbocycles. The van der Waals surface area contributed by atoms with Crippen LogP contribution < -0.4 is 25.8 Å². The molecule has 0 aromatic heterocycles. The molecule has 0 spiro atoms. The van der Waals surface area contributed by atoms with E-state index in [9.17, 15) is 14.7 Å². The maximum absolute atomic E-state index is 11.8. The number of nitrogens with two attached hydrogens (primary N) is 1. The number of nitrogens with one attached hydrogen (secondary N) is 2. The van der Waals surface area contributed by atoms with Crippen molar-refractivity contribution in [2.75, 3.05) is 26.3 Å². The number of carbonyl (C=O) groups is 2. The normalized spacial score (nSPS) is 15.3. The summed E-state index contributed by atoms with van der Waals surface area (Å²) in [5.74, 6) is 0.0484. The van der Waals surface area contributed by atoms with Crippen molar-refractivity contribution in [3.05, 3.63) is 22.7 Å². The van der Waals surface area contributed by atoms with Gasteiger partial charge in [0.1, 0.15) is 13.2 Å². The first-order chi connectivity index (χ1) is 12.3. The van der Waals surface area contributed by atoms with Gasteiger partial charge in [-0.25, -0.2) is 0 Å². The quantitative estimate of drug-likeness (QED) is 0.537. The summed E-state index contributed by atoms with van der Waals surface area (Å²) in [7, 11) is 0. The number of hydrogen-bond acceptors (Lipinski definition) is 6. The van der Waals surface area contributed by atoms with Crippen molar-refractivity contribution in [2.24, 2.45) is 11.7 Å². The average Bonchev–Trinajstić information content (AvgIpc) is 2.63. The van der Waals surface area contributed by atoms with E-state index < -0.39 is 24.0 Å². The smallest absolute Gasteiger partial charge is 0.239 e. The van der Waals surface area contributed by atoms with Crippen LogP contribution in [-0.4, -0.2) is 49.3 Å². The number of amides is 2. The van der Waals surface area contributed by atoms with E-state index in [0.717, 1.165) is 0 Å². The van der Waals surface area contributed by atoms with Crippen molar-refractivity contribution in [3.8, 4) is 11.5 Å². The van der Waals surface area contributed by atoms with E-state index in [0.29, 0.717) is 35.3 Å². The molecule has 2 amide bonds. The molecule has 144 valence electrons. The van der Waals surface area contributed by atoms with Gasteiger partial charge in [0.15, 0.2) is 11.5 Å². The zero-order chi connectivity index (χ0) is 19.3. The van der Waals surface area contributed by atoms with E-state index >= 15 is 0 Å². The zero-order valence-electron chi connectivity index (χ0n) is 14.8. The standard InChI is InChI=1S/C17H24ClN3O5/c1-9(2)15(19)17(24)21-8-14(23)20-7-12(22)10-5-11(18)16-13(6-10)25-3-4-26-16/h5-6,9,12,15,22H,3-4,7-8,19H2,1-2H3,(H,20,23)(H,21,24)/t12?,15-/m0/s1. The van der Waals surface area contributed by atoms with Crippen LogP contribution >= 0.6 is 11.6 Å². The summed E-state index contributed by atoms with van der Waals surface area (Å²) < 4.78 is 10.9. The molecule has 8 nitrogen and oxygen atoms in total. The molecule has 1 aliphatic rings. The lowest BCUT2D eigenvalue weighted by Gasteiger charge is -2.21. The van der Waals surface area contributed by atoms with Gasteiger partial charge >= 0.3 is 0 Å². The van der Waals surface area contributed by atoms with E-state index in [2.05, 4.69) is 10.6 Å². The molecule has 5 N–H and O–H groups in total. The number of hydrogen-bond donors (Lipinski definition) is 4. The van der Waals surface area contributed by atoms with Crippen LogP contribution in [0.1, 0.15) is 25.5 Å². The fourth-order valence-electron chi connectivity index (χ4n) is 2.30. The van der Waals surface area contributed by atoms with Crippen LogP contribution in [0.15, 0.2) is 12.1 Å². The van der Waals surface area contributed by atoms with Crippen LogP contribution in [0.4, 0.5) is 0 Å². The highest BCUT2D eigenvalue weighted by atomic mass is 35.5. The van der Waals surface area contributed by atoms with Crippen LogP contribution in [0.5, 0.6) is 11.5 Å². The van der Waals surface area contributed by atoms with Crippen LogP contribution in [0.3, 0.4) is 0 Å². The molecule has 1 heterocycles. The highest BCUT2D eigenvalue weighted by Crippen LogP contribution is 2.39. The van der Waals surface area contributed by atoms with Gasteiger partial charge in [0.25, 0.3) is 0 Å². The number of benzene rings is 1. The molecule has 2 atom stereocenters. The number of aliphatic hydroxyl groups excluding tert-OH is 1.